The van der Waals surface area contributed by atoms with Crippen LogP contribution in [-0.2, 0) is 14.3 Å². The van der Waals surface area contributed by atoms with Gasteiger partial charge in [-0.3, -0.25) is 4.79 Å². The van der Waals surface area contributed by atoms with E-state index < -0.39 is 60.6 Å². The molecule has 0 aliphatic carbocycles. The first kappa shape index (κ1) is 36.2. The fourth-order valence-corrected chi connectivity index (χ4v) is 5.84. The number of benzene rings is 3. The highest BCUT2D eigenvalue weighted by Gasteiger charge is 2.49. The SMILES string of the molecule is CN(C)C(=O)NCC#Cc1ccc(N2C(=O)[C@H](CC[C@H](O)c3ccc(F)cc3)C2c2ccc(O[C@@H]3O[C@H](C(=O)O)[C@@H](O)[C@H](O)[C@H]3O)cc2)cc1. The fourth-order valence-electron chi connectivity index (χ4n) is 5.84. The Morgan fingerprint density at radius 1 is 0.980 bits per heavy atom. The second kappa shape index (κ2) is 15.7. The molecule has 5 rings (SSSR count). The van der Waals surface area contributed by atoms with Crippen LogP contribution in [0.3, 0.4) is 0 Å². The number of carboxylic acids is 1. The molecule has 2 saturated heterocycles. The molecule has 0 bridgehead atoms. The van der Waals surface area contributed by atoms with Crippen LogP contribution in [0.4, 0.5) is 14.9 Å². The molecule has 0 spiro atoms. The summed E-state index contributed by atoms with van der Waals surface area (Å²) in [5, 5.41) is 53.2. The molecule has 264 valence electrons. The lowest BCUT2D eigenvalue weighted by atomic mass is 9.78. The molecule has 3 aromatic rings. The number of amides is 3. The van der Waals surface area contributed by atoms with Crippen molar-refractivity contribution >= 4 is 23.6 Å². The lowest BCUT2D eigenvalue weighted by molar-refractivity contribution is -0.271. The van der Waals surface area contributed by atoms with Crippen LogP contribution in [0.25, 0.3) is 0 Å². The van der Waals surface area contributed by atoms with E-state index in [0.29, 0.717) is 28.8 Å². The fraction of sp³-hybridized carbons (Fsp3) is 0.361. The van der Waals surface area contributed by atoms with Crippen molar-refractivity contribution in [1.29, 1.82) is 0 Å². The summed E-state index contributed by atoms with van der Waals surface area (Å²) in [6.45, 7) is 0.158. The van der Waals surface area contributed by atoms with E-state index in [2.05, 4.69) is 17.2 Å². The van der Waals surface area contributed by atoms with E-state index in [9.17, 15) is 44.3 Å². The highest BCUT2D eigenvalue weighted by atomic mass is 19.1. The van der Waals surface area contributed by atoms with Crippen LogP contribution in [0.5, 0.6) is 5.75 Å². The molecule has 50 heavy (non-hydrogen) atoms. The Hall–Kier alpha value is -5.04. The van der Waals surface area contributed by atoms with E-state index in [-0.39, 0.29) is 30.7 Å². The van der Waals surface area contributed by atoms with E-state index >= 15 is 0 Å². The molecule has 8 atom stereocenters. The van der Waals surface area contributed by atoms with Crippen LogP contribution in [0.15, 0.2) is 72.8 Å². The summed E-state index contributed by atoms with van der Waals surface area (Å²) in [7, 11) is 3.25. The lowest BCUT2D eigenvalue weighted by Crippen LogP contribution is -2.61. The predicted octanol–water partition coefficient (Wildman–Crippen LogP) is 1.94. The Morgan fingerprint density at radius 2 is 1.64 bits per heavy atom. The minimum Gasteiger partial charge on any atom is -0.479 e. The zero-order valence-corrected chi connectivity index (χ0v) is 27.2. The molecular formula is C36H38FN3O10. The average Bonchev–Trinajstić information content (AvgIpc) is 3.10. The molecule has 0 aromatic heterocycles. The first-order valence-corrected chi connectivity index (χ1v) is 15.9. The maximum Gasteiger partial charge on any atom is 0.335 e. The van der Waals surface area contributed by atoms with E-state index in [4.69, 9.17) is 9.47 Å². The third-order valence-corrected chi connectivity index (χ3v) is 8.62. The van der Waals surface area contributed by atoms with Gasteiger partial charge in [-0.05, 0) is 72.5 Å². The summed E-state index contributed by atoms with van der Waals surface area (Å²) in [4.78, 5) is 39.8. The minimum atomic E-state index is -1.86. The molecule has 3 amide bonds. The van der Waals surface area contributed by atoms with Gasteiger partial charge in [0.05, 0.1) is 24.6 Å². The predicted molar refractivity (Wildman–Crippen MR) is 176 cm³/mol. The van der Waals surface area contributed by atoms with Gasteiger partial charge in [-0.1, -0.05) is 36.1 Å². The Morgan fingerprint density at radius 3 is 2.26 bits per heavy atom. The van der Waals surface area contributed by atoms with Crippen molar-refractivity contribution in [2.45, 2.75) is 55.7 Å². The van der Waals surface area contributed by atoms with Crippen LogP contribution >= 0.6 is 0 Å². The van der Waals surface area contributed by atoms with Gasteiger partial charge in [0.2, 0.25) is 12.2 Å². The molecule has 6 N–H and O–H groups in total. The number of aliphatic hydroxyl groups excluding tert-OH is 4. The average molecular weight is 692 g/mol. The van der Waals surface area contributed by atoms with Crippen molar-refractivity contribution < 1.29 is 53.8 Å². The van der Waals surface area contributed by atoms with Crippen molar-refractivity contribution in [2.75, 3.05) is 25.5 Å². The van der Waals surface area contributed by atoms with Gasteiger partial charge >= 0.3 is 12.0 Å². The Labute approximate surface area is 287 Å². The number of ether oxygens (including phenoxy) is 2. The van der Waals surface area contributed by atoms with Gasteiger partial charge in [-0.15, -0.1) is 0 Å². The summed E-state index contributed by atoms with van der Waals surface area (Å²) in [5.74, 6) is 3.37. The topological polar surface area (TPSA) is 189 Å². The van der Waals surface area contributed by atoms with E-state index in [1.807, 2.05) is 0 Å². The quantitative estimate of drug-likeness (QED) is 0.135. The summed E-state index contributed by atoms with van der Waals surface area (Å²) in [5.41, 5.74) is 2.52. The van der Waals surface area contributed by atoms with Crippen LogP contribution < -0.4 is 15.0 Å². The Kier molecular flexibility index (Phi) is 11.4. The second-order valence-corrected chi connectivity index (χ2v) is 12.2. The number of aliphatic hydroxyl groups is 4. The number of nitrogens with zero attached hydrogens (tertiary/aromatic N) is 2. The highest BCUT2D eigenvalue weighted by Crippen LogP contribution is 2.46. The lowest BCUT2D eigenvalue weighted by Gasteiger charge is -2.48. The van der Waals surface area contributed by atoms with Gasteiger partial charge in [0, 0.05) is 25.3 Å². The van der Waals surface area contributed by atoms with Crippen molar-refractivity contribution in [3.05, 3.63) is 95.3 Å². The van der Waals surface area contributed by atoms with Gasteiger partial charge in [-0.2, -0.15) is 0 Å². The van der Waals surface area contributed by atoms with Crippen molar-refractivity contribution in [1.82, 2.24) is 10.2 Å². The number of carbonyl (C=O) groups is 3. The summed E-state index contributed by atoms with van der Waals surface area (Å²) in [6, 6.07) is 18.3. The maximum atomic E-state index is 13.6. The summed E-state index contributed by atoms with van der Waals surface area (Å²) < 4.78 is 24.3. The van der Waals surface area contributed by atoms with Crippen LogP contribution in [0.1, 0.15) is 41.7 Å². The highest BCUT2D eigenvalue weighted by molar-refractivity contribution is 6.03. The molecule has 2 fully saturated rings. The summed E-state index contributed by atoms with van der Waals surface area (Å²) >= 11 is 0. The second-order valence-electron chi connectivity index (χ2n) is 12.2. The minimum absolute atomic E-state index is 0.158. The monoisotopic (exact) mass is 691 g/mol. The van der Waals surface area contributed by atoms with E-state index in [1.54, 1.807) is 55.4 Å². The number of β-lactam (4-membered cyclic amide) rings is 1. The number of carbonyl (C=O) groups excluding carboxylic acids is 2. The number of nitrogens with one attached hydrogen (secondary N) is 1. The van der Waals surface area contributed by atoms with Crippen LogP contribution in [0, 0.1) is 23.6 Å². The van der Waals surface area contributed by atoms with Gasteiger partial charge in [0.25, 0.3) is 0 Å². The van der Waals surface area contributed by atoms with Crippen LogP contribution in [-0.4, -0.2) is 99.7 Å². The van der Waals surface area contributed by atoms with Crippen molar-refractivity contribution in [3.63, 3.8) is 0 Å². The number of carboxylic acid groups (broad SMARTS) is 1. The molecule has 3 aromatic carbocycles. The molecule has 1 unspecified atom stereocenters. The van der Waals surface area contributed by atoms with Gasteiger partial charge < -0.3 is 50.1 Å². The zero-order chi connectivity index (χ0) is 36.1. The molecule has 0 radical (unpaired) electrons. The number of hydrogen-bond donors (Lipinski definition) is 6. The maximum absolute atomic E-state index is 13.6. The van der Waals surface area contributed by atoms with E-state index in [1.165, 1.54) is 41.3 Å². The van der Waals surface area contributed by atoms with E-state index in [0.717, 1.165) is 0 Å². The number of rotatable bonds is 10. The number of hydrogen-bond acceptors (Lipinski definition) is 9. The number of urea groups is 1. The third-order valence-electron chi connectivity index (χ3n) is 8.62. The molecule has 13 nitrogen and oxygen atoms in total. The first-order valence-electron chi connectivity index (χ1n) is 15.9. The molecule has 0 saturated carbocycles. The standard InChI is InChI=1S/C36H38FN3O10/c1-39(2)36(48)38-19-3-4-20-5-13-24(14-6-20)40-28(26(33(40)45)17-18-27(41)21-7-11-23(37)12-8-21)22-9-15-25(16-10-22)49-35-31(44)29(42)30(43)32(50-35)34(46)47/h5-16,26-32,35,41-44H,17-19H2,1-2H3,(H,38,48)(H,46,47)/t26-,27+,28?,29+,30+,31-,32+,35-/m1/s1. The van der Waals surface area contributed by atoms with Gasteiger partial charge in [0.1, 0.15) is 29.9 Å². The Balaban J connectivity index is 1.33. The zero-order valence-electron chi connectivity index (χ0n) is 27.2. The van der Waals surface area contributed by atoms with Crippen LogP contribution in [0.2, 0.25) is 0 Å². The largest absolute Gasteiger partial charge is 0.479 e. The van der Waals surface area contributed by atoms with Gasteiger partial charge in [0.15, 0.2) is 6.10 Å². The van der Waals surface area contributed by atoms with Crippen molar-refractivity contribution in [3.8, 4) is 17.6 Å². The van der Waals surface area contributed by atoms with Crippen molar-refractivity contribution in [2.24, 2.45) is 5.92 Å². The third kappa shape index (κ3) is 8.05. The molecule has 14 heteroatoms. The molecule has 2 aliphatic rings. The first-order chi connectivity index (χ1) is 23.8. The number of anilines is 1. The Bertz CT molecular complexity index is 1730. The number of halogens is 1. The number of aliphatic carboxylic acids is 1. The smallest absolute Gasteiger partial charge is 0.335 e. The van der Waals surface area contributed by atoms with Gasteiger partial charge in [-0.25, -0.2) is 14.0 Å². The summed E-state index contributed by atoms with van der Waals surface area (Å²) in [6.07, 6.45) is -9.19. The molecule has 2 aliphatic heterocycles. The molecule has 2 heterocycles. The molecular weight excluding hydrogens is 653 g/mol. The normalized spacial score (nSPS) is 25.1.